The van der Waals surface area contributed by atoms with Crippen LogP contribution in [0.4, 0.5) is 5.69 Å². The molecule has 224 valence electrons. The van der Waals surface area contributed by atoms with Gasteiger partial charge in [-0.1, -0.05) is 129 Å². The Morgan fingerprint density at radius 3 is 2.02 bits per heavy atom. The molecule has 1 aliphatic rings. The highest BCUT2D eigenvalue weighted by Gasteiger charge is 2.26. The van der Waals surface area contributed by atoms with Crippen LogP contribution in [0.3, 0.4) is 0 Å². The largest absolute Gasteiger partial charge is 0.385 e. The van der Waals surface area contributed by atoms with Gasteiger partial charge in [-0.3, -0.25) is 0 Å². The minimum atomic E-state index is -0.603. The number of hydrogen-bond acceptors (Lipinski definition) is 3. The van der Waals surface area contributed by atoms with Gasteiger partial charge < -0.3 is 5.32 Å². The maximum atomic E-state index is 9.34. The normalized spacial score (nSPS) is 14.1. The molecule has 0 atom stereocenters. The van der Waals surface area contributed by atoms with Crippen molar-refractivity contribution in [1.29, 1.82) is 10.5 Å². The lowest BCUT2D eigenvalue weighted by Gasteiger charge is -2.30. The van der Waals surface area contributed by atoms with Crippen LogP contribution in [0.25, 0.3) is 6.08 Å². The summed E-state index contributed by atoms with van der Waals surface area (Å²) >= 11 is 0. The van der Waals surface area contributed by atoms with E-state index in [9.17, 15) is 10.5 Å². The zero-order chi connectivity index (χ0) is 31.5. The Balaban J connectivity index is 1.17. The molecule has 0 saturated heterocycles. The lowest BCUT2D eigenvalue weighted by molar-refractivity contribution is 0.354. The molecule has 45 heavy (non-hydrogen) atoms. The minimum absolute atomic E-state index is 0.0188. The third-order valence-electron chi connectivity index (χ3n) is 8.12. The molecule has 0 heterocycles. The Kier molecular flexibility index (Phi) is 10.8. The maximum absolute atomic E-state index is 9.34. The van der Waals surface area contributed by atoms with Crippen molar-refractivity contribution in [3.63, 3.8) is 0 Å². The third kappa shape index (κ3) is 8.70. The summed E-state index contributed by atoms with van der Waals surface area (Å²) in [5.41, 5.74) is 5.92. The second-order valence-electron chi connectivity index (χ2n) is 12.3. The lowest BCUT2D eigenvalue weighted by Crippen LogP contribution is -2.23. The number of rotatable bonds is 11. The second kappa shape index (κ2) is 15.3. The summed E-state index contributed by atoms with van der Waals surface area (Å²) in [4.78, 5) is 0. The zero-order valence-electron chi connectivity index (χ0n) is 26.2. The summed E-state index contributed by atoms with van der Waals surface area (Å²) in [5, 5.41) is 26.5. The van der Waals surface area contributed by atoms with Crippen LogP contribution in [0.2, 0.25) is 0 Å². The molecule has 4 heteroatoms. The summed E-state index contributed by atoms with van der Waals surface area (Å²) in [6, 6.07) is 43.5. The fourth-order valence-electron chi connectivity index (χ4n) is 6.00. The molecule has 1 aliphatic carbocycles. The van der Waals surface area contributed by atoms with Crippen LogP contribution in [0.1, 0.15) is 50.7 Å². The molecule has 0 saturated carbocycles. The fraction of sp³-hybridized carbons (Fsp3) is 0.220. The summed E-state index contributed by atoms with van der Waals surface area (Å²) < 4.78 is 0. The van der Waals surface area contributed by atoms with E-state index in [1.54, 1.807) is 0 Å². The molecular formula is C41H40N3P. The van der Waals surface area contributed by atoms with Crippen LogP contribution in [-0.4, -0.2) is 6.54 Å². The standard InChI is InChI=1S/C41H40N3P/c1-41(2)28-33(27-35(29-41)36(30-42)31-43)21-20-32-22-24-37(25-23-32)44-26-12-11-14-34-13-9-10-19-40(34)45(38-15-5-3-6-16-38)39-17-7-4-8-18-39/h3-10,13,15-25,27,44H,11-12,14,26,28-29H2,1-2H3/b21-20+. The average molecular weight is 606 g/mol. The van der Waals surface area contributed by atoms with E-state index in [0.717, 1.165) is 61.0 Å². The van der Waals surface area contributed by atoms with E-state index in [1.807, 2.05) is 6.08 Å². The van der Waals surface area contributed by atoms with Crippen molar-refractivity contribution in [3.05, 3.63) is 149 Å². The molecule has 1 N–H and O–H groups in total. The number of hydrogen-bond donors (Lipinski definition) is 1. The highest BCUT2D eigenvalue weighted by molar-refractivity contribution is 7.79. The monoisotopic (exact) mass is 605 g/mol. The van der Waals surface area contributed by atoms with Crippen molar-refractivity contribution in [2.75, 3.05) is 11.9 Å². The molecule has 0 unspecified atom stereocenters. The predicted octanol–water partition coefficient (Wildman–Crippen LogP) is 8.98. The van der Waals surface area contributed by atoms with E-state index >= 15 is 0 Å². The van der Waals surface area contributed by atoms with Crippen LogP contribution < -0.4 is 21.2 Å². The average Bonchev–Trinajstić information content (AvgIpc) is 3.06. The molecule has 0 aliphatic heterocycles. The van der Waals surface area contributed by atoms with Crippen LogP contribution in [0.5, 0.6) is 0 Å². The first-order valence-corrected chi connectivity index (χ1v) is 17.0. The Labute approximate surface area is 270 Å². The van der Waals surface area contributed by atoms with Gasteiger partial charge in [0.2, 0.25) is 0 Å². The highest BCUT2D eigenvalue weighted by atomic mass is 31.1. The molecule has 0 spiro atoms. The topological polar surface area (TPSA) is 59.6 Å². The minimum Gasteiger partial charge on any atom is -0.385 e. The number of nitrogens with one attached hydrogen (secondary N) is 1. The van der Waals surface area contributed by atoms with E-state index < -0.39 is 7.92 Å². The molecule has 4 aromatic rings. The summed E-state index contributed by atoms with van der Waals surface area (Å²) in [5.74, 6) is 0. The maximum Gasteiger partial charge on any atom is 0.132 e. The van der Waals surface area contributed by atoms with Gasteiger partial charge >= 0.3 is 0 Å². The van der Waals surface area contributed by atoms with Gasteiger partial charge in [0, 0.05) is 12.2 Å². The van der Waals surface area contributed by atoms with E-state index in [2.05, 4.69) is 153 Å². The quantitative estimate of drug-likeness (QED) is 0.105. The number of unbranched alkanes of at least 4 members (excludes halogenated alkanes) is 1. The molecule has 0 radical (unpaired) electrons. The van der Waals surface area contributed by atoms with Crippen molar-refractivity contribution < 1.29 is 0 Å². The smallest absolute Gasteiger partial charge is 0.132 e. The van der Waals surface area contributed by atoms with Crippen LogP contribution in [-0.2, 0) is 6.42 Å². The molecule has 5 rings (SSSR count). The van der Waals surface area contributed by atoms with Crippen molar-refractivity contribution in [3.8, 4) is 12.1 Å². The second-order valence-corrected chi connectivity index (χ2v) is 14.5. The molecule has 4 aromatic carbocycles. The number of anilines is 1. The van der Waals surface area contributed by atoms with Gasteiger partial charge in [0.1, 0.15) is 17.7 Å². The Hall–Kier alpha value is -4.69. The van der Waals surface area contributed by atoms with E-state index in [-0.39, 0.29) is 11.0 Å². The van der Waals surface area contributed by atoms with Crippen molar-refractivity contribution in [2.24, 2.45) is 5.41 Å². The van der Waals surface area contributed by atoms with Gasteiger partial charge in [0.25, 0.3) is 0 Å². The third-order valence-corrected chi connectivity index (χ3v) is 10.7. The molecule has 0 bridgehead atoms. The molecule has 0 amide bonds. The highest BCUT2D eigenvalue weighted by Crippen LogP contribution is 2.39. The SMILES string of the molecule is CC1(C)CC(/C=C/c2ccc(NCCCCc3ccccc3P(c3ccccc3)c3ccccc3)cc2)=CC(=C(C#N)C#N)C1. The molecule has 0 fully saturated rings. The van der Waals surface area contributed by atoms with E-state index in [4.69, 9.17) is 0 Å². The Morgan fingerprint density at radius 2 is 1.38 bits per heavy atom. The number of aryl methyl sites for hydroxylation is 1. The van der Waals surface area contributed by atoms with Gasteiger partial charge in [-0.05, 0) is 95.8 Å². The molecule has 3 nitrogen and oxygen atoms in total. The van der Waals surface area contributed by atoms with Crippen LogP contribution in [0.15, 0.2) is 138 Å². The molecular weight excluding hydrogens is 565 g/mol. The molecule has 0 aromatic heterocycles. The summed E-state index contributed by atoms with van der Waals surface area (Å²) in [6.07, 6.45) is 11.2. The number of benzene rings is 4. The summed E-state index contributed by atoms with van der Waals surface area (Å²) in [7, 11) is -0.603. The van der Waals surface area contributed by atoms with Crippen molar-refractivity contribution in [1.82, 2.24) is 0 Å². The van der Waals surface area contributed by atoms with Crippen LogP contribution >= 0.6 is 7.92 Å². The zero-order valence-corrected chi connectivity index (χ0v) is 27.1. The fourth-order valence-corrected chi connectivity index (χ4v) is 8.51. The van der Waals surface area contributed by atoms with Gasteiger partial charge in [-0.15, -0.1) is 0 Å². The lowest BCUT2D eigenvalue weighted by atomic mass is 9.74. The van der Waals surface area contributed by atoms with Gasteiger partial charge in [0.15, 0.2) is 0 Å². The number of nitrogens with zero attached hydrogens (tertiary/aromatic N) is 2. The van der Waals surface area contributed by atoms with E-state index in [0.29, 0.717) is 0 Å². The number of allylic oxidation sites excluding steroid dienone is 5. The Bertz CT molecular complexity index is 1700. The van der Waals surface area contributed by atoms with Crippen LogP contribution in [0, 0.1) is 28.1 Å². The first-order valence-electron chi connectivity index (χ1n) is 15.7. The van der Waals surface area contributed by atoms with Gasteiger partial charge in [-0.25, -0.2) is 0 Å². The Morgan fingerprint density at radius 1 is 0.756 bits per heavy atom. The number of nitriles is 2. The first kappa shape index (κ1) is 31.7. The first-order chi connectivity index (χ1) is 22.0. The summed E-state index contributed by atoms with van der Waals surface area (Å²) in [6.45, 7) is 5.31. The predicted molar refractivity (Wildman–Crippen MR) is 191 cm³/mol. The van der Waals surface area contributed by atoms with Crippen molar-refractivity contribution >= 4 is 35.6 Å². The van der Waals surface area contributed by atoms with Crippen molar-refractivity contribution in [2.45, 2.75) is 46.0 Å². The van der Waals surface area contributed by atoms with Gasteiger partial charge in [0.05, 0.1) is 0 Å². The van der Waals surface area contributed by atoms with Gasteiger partial charge in [-0.2, -0.15) is 10.5 Å². The van der Waals surface area contributed by atoms with E-state index in [1.165, 1.54) is 21.5 Å².